The standard InChI is InChI=1S/C23H48S8/c1-17(25)4-5-19(27)8-9-21(29)12-13-23(31)15-14-22(30)11-10-20(28)7-6-18(26)3-2-16-24/h17-31H,2-16H2,1H3/t17?,18-,19?,20-,21?,22?,23?/m1/s1. The monoisotopic (exact) mass is 580 g/mol. The van der Waals surface area contributed by atoms with Crippen LogP contribution in [0, 0.1) is 0 Å². The molecule has 0 aromatic rings. The molecule has 0 N–H and O–H groups in total. The van der Waals surface area contributed by atoms with Gasteiger partial charge in [-0.05, 0) is 101 Å². The Morgan fingerprint density at radius 3 is 0.839 bits per heavy atom. The van der Waals surface area contributed by atoms with E-state index in [1.807, 2.05) is 0 Å². The van der Waals surface area contributed by atoms with Crippen LogP contribution in [0.25, 0.3) is 0 Å². The summed E-state index contributed by atoms with van der Waals surface area (Å²) in [6.07, 6.45) is 16.0. The number of rotatable bonds is 21. The first-order chi connectivity index (χ1) is 14.6. The van der Waals surface area contributed by atoms with Gasteiger partial charge >= 0.3 is 0 Å². The lowest BCUT2D eigenvalue weighted by molar-refractivity contribution is 0.549. The van der Waals surface area contributed by atoms with Crippen LogP contribution in [0.15, 0.2) is 0 Å². The maximum Gasteiger partial charge on any atom is 0.00176 e. The Hall–Kier alpha value is 2.80. The highest BCUT2D eigenvalue weighted by molar-refractivity contribution is 7.82. The minimum Gasteiger partial charge on any atom is -0.179 e. The summed E-state index contributed by atoms with van der Waals surface area (Å²) in [6, 6.07) is 0. The second-order valence-corrected chi connectivity index (χ2v) is 14.8. The van der Waals surface area contributed by atoms with Gasteiger partial charge in [0.2, 0.25) is 0 Å². The summed E-state index contributed by atoms with van der Waals surface area (Å²) in [5, 5.41) is 3.25. The fourth-order valence-electron chi connectivity index (χ4n) is 3.55. The summed E-state index contributed by atoms with van der Waals surface area (Å²) in [5.41, 5.74) is 0. The molecule has 188 valence electrons. The van der Waals surface area contributed by atoms with Crippen molar-refractivity contribution in [3.8, 4) is 0 Å². The molecule has 0 saturated carbocycles. The lowest BCUT2D eigenvalue weighted by Gasteiger charge is -2.19. The zero-order valence-corrected chi connectivity index (χ0v) is 26.4. The van der Waals surface area contributed by atoms with E-state index < -0.39 is 0 Å². The molecule has 8 heteroatoms. The molecular formula is C23H48S8. The minimum absolute atomic E-state index is 0.449. The van der Waals surface area contributed by atoms with Crippen LogP contribution in [0.4, 0.5) is 0 Å². The Balaban J connectivity index is 3.78. The van der Waals surface area contributed by atoms with Gasteiger partial charge in [-0.2, -0.15) is 101 Å². The quantitative estimate of drug-likeness (QED) is 0.0614. The summed E-state index contributed by atoms with van der Waals surface area (Å²) in [7, 11) is 0. The largest absolute Gasteiger partial charge is 0.179 e. The van der Waals surface area contributed by atoms with E-state index in [0.29, 0.717) is 36.7 Å². The minimum atomic E-state index is 0.449. The van der Waals surface area contributed by atoms with Gasteiger partial charge in [-0.25, -0.2) is 0 Å². The number of thiol groups is 8. The Labute approximate surface area is 238 Å². The van der Waals surface area contributed by atoms with E-state index >= 15 is 0 Å². The first-order valence-corrected chi connectivity index (χ1v) is 16.3. The average Bonchev–Trinajstić information content (AvgIpc) is 2.73. The Morgan fingerprint density at radius 1 is 0.387 bits per heavy atom. The number of hydrogen-bond acceptors (Lipinski definition) is 8. The van der Waals surface area contributed by atoms with Crippen molar-refractivity contribution in [2.45, 2.75) is 134 Å². The van der Waals surface area contributed by atoms with Crippen molar-refractivity contribution in [2.24, 2.45) is 0 Å². The van der Waals surface area contributed by atoms with E-state index in [9.17, 15) is 0 Å². The van der Waals surface area contributed by atoms with Gasteiger partial charge < -0.3 is 0 Å². The summed E-state index contributed by atoms with van der Waals surface area (Å²) in [4.78, 5) is 0. The summed E-state index contributed by atoms with van der Waals surface area (Å²) >= 11 is 37.3. The Morgan fingerprint density at radius 2 is 0.613 bits per heavy atom. The van der Waals surface area contributed by atoms with Crippen molar-refractivity contribution in [3.05, 3.63) is 0 Å². The highest BCUT2D eigenvalue weighted by Gasteiger charge is 2.14. The lowest BCUT2D eigenvalue weighted by Crippen LogP contribution is -2.12. The van der Waals surface area contributed by atoms with Crippen molar-refractivity contribution in [3.63, 3.8) is 0 Å². The van der Waals surface area contributed by atoms with Crippen LogP contribution in [0.1, 0.15) is 96.8 Å². The maximum atomic E-state index is 4.82. The second-order valence-electron chi connectivity index (χ2n) is 9.10. The van der Waals surface area contributed by atoms with E-state index in [2.05, 4.69) is 44.8 Å². The van der Waals surface area contributed by atoms with Crippen LogP contribution < -0.4 is 0 Å². The van der Waals surface area contributed by atoms with Crippen molar-refractivity contribution in [1.29, 1.82) is 0 Å². The van der Waals surface area contributed by atoms with E-state index in [1.54, 1.807) is 0 Å². The SMILES string of the molecule is CC(S)CCC(S)CCC(S)CCC(S)CCC(S)CC[C@H](S)CC[C@H](S)CCCS. The molecule has 0 nitrogen and oxygen atoms in total. The van der Waals surface area contributed by atoms with Crippen LogP contribution in [0.2, 0.25) is 0 Å². The predicted molar refractivity (Wildman–Crippen MR) is 174 cm³/mol. The Bertz CT molecular complexity index is 396. The highest BCUT2D eigenvalue weighted by Crippen LogP contribution is 2.25. The van der Waals surface area contributed by atoms with Crippen LogP contribution >= 0.6 is 101 Å². The molecule has 0 bridgehead atoms. The van der Waals surface area contributed by atoms with E-state index in [4.69, 9.17) is 63.1 Å². The van der Waals surface area contributed by atoms with E-state index in [1.165, 1.54) is 0 Å². The predicted octanol–water partition coefficient (Wildman–Crippen LogP) is 8.49. The van der Waals surface area contributed by atoms with Gasteiger partial charge in [0.15, 0.2) is 0 Å². The van der Waals surface area contributed by atoms with Gasteiger partial charge in [-0.1, -0.05) is 6.92 Å². The molecule has 0 aromatic heterocycles. The molecule has 0 rings (SSSR count). The highest BCUT2D eigenvalue weighted by atomic mass is 32.1. The molecule has 0 fully saturated rings. The maximum absolute atomic E-state index is 4.82. The first-order valence-electron chi connectivity index (χ1n) is 12.0. The molecule has 0 spiro atoms. The van der Waals surface area contributed by atoms with Crippen LogP contribution in [-0.4, -0.2) is 42.5 Å². The fraction of sp³-hybridized carbons (Fsp3) is 1.00. The molecule has 31 heavy (non-hydrogen) atoms. The summed E-state index contributed by atoms with van der Waals surface area (Å²) < 4.78 is 0. The molecule has 0 aliphatic heterocycles. The summed E-state index contributed by atoms with van der Waals surface area (Å²) in [6.45, 7) is 2.15. The van der Waals surface area contributed by atoms with E-state index in [0.717, 1.165) is 95.6 Å². The average molecular weight is 581 g/mol. The molecule has 0 amide bonds. The molecule has 0 aromatic carbocycles. The molecule has 7 atom stereocenters. The topological polar surface area (TPSA) is 0 Å². The van der Waals surface area contributed by atoms with Gasteiger partial charge in [0.1, 0.15) is 0 Å². The molecule has 0 aliphatic rings. The zero-order valence-electron chi connectivity index (χ0n) is 19.2. The fourth-order valence-corrected chi connectivity index (χ4v) is 5.70. The number of hydrogen-bond donors (Lipinski definition) is 8. The first kappa shape index (κ1) is 33.8. The Kier molecular flexibility index (Phi) is 24.0. The second kappa shape index (κ2) is 22.0. The lowest BCUT2D eigenvalue weighted by atomic mass is 10.0. The molecule has 5 unspecified atom stereocenters. The summed E-state index contributed by atoms with van der Waals surface area (Å²) in [5.74, 6) is 0.954. The van der Waals surface area contributed by atoms with Crippen molar-refractivity contribution in [2.75, 3.05) is 5.75 Å². The molecule has 0 radical (unpaired) electrons. The molecule has 0 heterocycles. The van der Waals surface area contributed by atoms with Gasteiger partial charge in [-0.15, -0.1) is 0 Å². The van der Waals surface area contributed by atoms with Gasteiger partial charge in [0, 0.05) is 31.5 Å². The molecule has 0 saturated heterocycles. The smallest absolute Gasteiger partial charge is 0.00176 e. The van der Waals surface area contributed by atoms with Gasteiger partial charge in [-0.3, -0.25) is 0 Å². The molecular weight excluding hydrogens is 533 g/mol. The van der Waals surface area contributed by atoms with Crippen molar-refractivity contribution in [1.82, 2.24) is 0 Å². The van der Waals surface area contributed by atoms with Crippen molar-refractivity contribution >= 4 is 101 Å². The van der Waals surface area contributed by atoms with Gasteiger partial charge in [0.05, 0.1) is 0 Å². The van der Waals surface area contributed by atoms with Crippen LogP contribution in [0.5, 0.6) is 0 Å². The van der Waals surface area contributed by atoms with Crippen LogP contribution in [0.3, 0.4) is 0 Å². The van der Waals surface area contributed by atoms with E-state index in [-0.39, 0.29) is 0 Å². The van der Waals surface area contributed by atoms with Crippen LogP contribution in [-0.2, 0) is 0 Å². The van der Waals surface area contributed by atoms with Crippen molar-refractivity contribution < 1.29 is 0 Å². The zero-order chi connectivity index (χ0) is 23.6. The third-order valence-electron chi connectivity index (χ3n) is 5.78. The normalized spacial score (nSPS) is 18.9. The third kappa shape index (κ3) is 23.0. The van der Waals surface area contributed by atoms with Gasteiger partial charge in [0.25, 0.3) is 0 Å². The third-order valence-corrected chi connectivity index (χ3v) is 9.45. The molecule has 0 aliphatic carbocycles.